The highest BCUT2D eigenvalue weighted by Gasteiger charge is 2.18. The van der Waals surface area contributed by atoms with Gasteiger partial charge < -0.3 is 9.88 Å². The second-order valence-corrected chi connectivity index (χ2v) is 6.65. The topological polar surface area (TPSA) is 64.0 Å². The molecule has 0 aliphatic heterocycles. The molecule has 0 atom stereocenters. The second kappa shape index (κ2) is 7.48. The summed E-state index contributed by atoms with van der Waals surface area (Å²) in [6.45, 7) is 2.31. The second-order valence-electron chi connectivity index (χ2n) is 6.65. The molecule has 0 radical (unpaired) electrons. The Hall–Kier alpha value is -3.73. The standard InChI is InChI=1S/C23H19N3O2/c1-16-8-7-11-18(14-16)24-22(27)21-23(28)26(15-17-9-3-2-4-10-17)20-13-6-5-12-19(20)25-21/h2-14H,15H2,1H3,(H,24,27). The Morgan fingerprint density at radius 2 is 1.71 bits per heavy atom. The number of benzene rings is 3. The summed E-state index contributed by atoms with van der Waals surface area (Å²) in [7, 11) is 0. The summed E-state index contributed by atoms with van der Waals surface area (Å²) in [6.07, 6.45) is 0. The fourth-order valence-electron chi connectivity index (χ4n) is 3.18. The molecule has 138 valence electrons. The SMILES string of the molecule is Cc1cccc(NC(=O)c2nc3ccccc3n(Cc3ccccc3)c2=O)c1. The van der Waals surface area contributed by atoms with Crippen LogP contribution in [0.15, 0.2) is 83.7 Å². The summed E-state index contributed by atoms with van der Waals surface area (Å²) in [5.74, 6) is -0.511. The van der Waals surface area contributed by atoms with Gasteiger partial charge in [0.2, 0.25) is 0 Å². The molecule has 4 aromatic rings. The van der Waals surface area contributed by atoms with Gasteiger partial charge in [-0.05, 0) is 42.3 Å². The molecule has 0 fully saturated rings. The van der Waals surface area contributed by atoms with Crippen LogP contribution in [0.4, 0.5) is 5.69 Å². The molecule has 5 heteroatoms. The van der Waals surface area contributed by atoms with Crippen LogP contribution in [0.5, 0.6) is 0 Å². The van der Waals surface area contributed by atoms with E-state index in [2.05, 4.69) is 10.3 Å². The number of hydrogen-bond acceptors (Lipinski definition) is 3. The molecule has 5 nitrogen and oxygen atoms in total. The molecule has 0 aliphatic rings. The maximum absolute atomic E-state index is 13.1. The third-order valence-corrected chi connectivity index (χ3v) is 4.53. The number of aromatic nitrogens is 2. The number of anilines is 1. The quantitative estimate of drug-likeness (QED) is 0.591. The Kier molecular flexibility index (Phi) is 4.72. The lowest BCUT2D eigenvalue weighted by Gasteiger charge is -2.12. The molecule has 0 unspecified atom stereocenters. The van der Waals surface area contributed by atoms with Crippen molar-refractivity contribution in [3.05, 3.63) is 106 Å². The minimum atomic E-state index is -0.511. The highest BCUT2D eigenvalue weighted by Crippen LogP contribution is 2.14. The summed E-state index contributed by atoms with van der Waals surface area (Å²) in [6, 6.07) is 24.5. The van der Waals surface area contributed by atoms with E-state index in [1.54, 1.807) is 16.7 Å². The van der Waals surface area contributed by atoms with Crippen LogP contribution in [-0.2, 0) is 6.54 Å². The Morgan fingerprint density at radius 3 is 2.50 bits per heavy atom. The molecular formula is C23H19N3O2. The Balaban J connectivity index is 1.79. The fraction of sp³-hybridized carbons (Fsp3) is 0.0870. The van der Waals surface area contributed by atoms with Gasteiger partial charge in [0.1, 0.15) is 0 Å². The van der Waals surface area contributed by atoms with Gasteiger partial charge in [-0.25, -0.2) is 4.98 Å². The molecule has 1 amide bonds. The van der Waals surface area contributed by atoms with Gasteiger partial charge >= 0.3 is 0 Å². The van der Waals surface area contributed by atoms with E-state index in [4.69, 9.17) is 0 Å². The summed E-state index contributed by atoms with van der Waals surface area (Å²) < 4.78 is 1.60. The lowest BCUT2D eigenvalue weighted by Crippen LogP contribution is -2.31. The summed E-state index contributed by atoms with van der Waals surface area (Å²) in [5, 5.41) is 2.78. The van der Waals surface area contributed by atoms with Gasteiger partial charge in [0.25, 0.3) is 11.5 Å². The number of carbonyl (C=O) groups is 1. The van der Waals surface area contributed by atoms with Crippen molar-refractivity contribution in [3.8, 4) is 0 Å². The molecule has 1 heterocycles. The third kappa shape index (κ3) is 3.55. The molecule has 0 aliphatic carbocycles. The molecule has 0 bridgehead atoms. The maximum Gasteiger partial charge on any atom is 0.283 e. The van der Waals surface area contributed by atoms with E-state index in [1.807, 2.05) is 73.7 Å². The maximum atomic E-state index is 13.1. The van der Waals surface area contributed by atoms with E-state index in [9.17, 15) is 9.59 Å². The smallest absolute Gasteiger partial charge is 0.283 e. The van der Waals surface area contributed by atoms with Crippen LogP contribution in [0, 0.1) is 6.92 Å². The van der Waals surface area contributed by atoms with Crippen molar-refractivity contribution in [2.24, 2.45) is 0 Å². The van der Waals surface area contributed by atoms with E-state index in [0.717, 1.165) is 11.1 Å². The van der Waals surface area contributed by atoms with Gasteiger partial charge in [-0.2, -0.15) is 0 Å². The van der Waals surface area contributed by atoms with Crippen molar-refractivity contribution in [2.75, 3.05) is 5.32 Å². The first-order valence-electron chi connectivity index (χ1n) is 9.03. The lowest BCUT2D eigenvalue weighted by molar-refractivity contribution is 0.102. The van der Waals surface area contributed by atoms with E-state index < -0.39 is 11.5 Å². The zero-order valence-electron chi connectivity index (χ0n) is 15.4. The predicted molar refractivity (Wildman–Crippen MR) is 111 cm³/mol. The highest BCUT2D eigenvalue weighted by molar-refractivity contribution is 6.03. The Labute approximate surface area is 162 Å². The van der Waals surface area contributed by atoms with Gasteiger partial charge in [0.05, 0.1) is 17.6 Å². The van der Waals surface area contributed by atoms with Crippen LogP contribution in [0.3, 0.4) is 0 Å². The molecule has 0 saturated heterocycles. The minimum Gasteiger partial charge on any atom is -0.320 e. The number of amides is 1. The zero-order chi connectivity index (χ0) is 19.5. The van der Waals surface area contributed by atoms with Gasteiger partial charge in [-0.3, -0.25) is 9.59 Å². The third-order valence-electron chi connectivity index (χ3n) is 4.53. The first-order chi connectivity index (χ1) is 13.6. The van der Waals surface area contributed by atoms with E-state index >= 15 is 0 Å². The average molecular weight is 369 g/mol. The van der Waals surface area contributed by atoms with Crippen LogP contribution in [-0.4, -0.2) is 15.5 Å². The number of nitrogens with zero attached hydrogens (tertiary/aromatic N) is 2. The Bertz CT molecular complexity index is 1210. The predicted octanol–water partition coefficient (Wildman–Crippen LogP) is 4.01. The number of nitrogens with one attached hydrogen (secondary N) is 1. The summed E-state index contributed by atoms with van der Waals surface area (Å²) >= 11 is 0. The van der Waals surface area contributed by atoms with Gasteiger partial charge in [-0.1, -0.05) is 54.6 Å². The molecule has 28 heavy (non-hydrogen) atoms. The largest absolute Gasteiger partial charge is 0.320 e. The normalized spacial score (nSPS) is 10.8. The number of fused-ring (bicyclic) bond motifs is 1. The molecular weight excluding hydrogens is 350 g/mol. The fourth-order valence-corrected chi connectivity index (χ4v) is 3.18. The van der Waals surface area contributed by atoms with Crippen LogP contribution in [0.1, 0.15) is 21.6 Å². The van der Waals surface area contributed by atoms with Crippen molar-refractivity contribution in [1.29, 1.82) is 0 Å². The van der Waals surface area contributed by atoms with Crippen LogP contribution < -0.4 is 10.9 Å². The van der Waals surface area contributed by atoms with Crippen molar-refractivity contribution >= 4 is 22.6 Å². The first-order valence-corrected chi connectivity index (χ1v) is 9.03. The molecule has 1 aromatic heterocycles. The van der Waals surface area contributed by atoms with Gasteiger partial charge in [-0.15, -0.1) is 0 Å². The molecule has 3 aromatic carbocycles. The highest BCUT2D eigenvalue weighted by atomic mass is 16.2. The molecule has 0 spiro atoms. The summed E-state index contributed by atoms with van der Waals surface area (Å²) in [5.41, 5.74) is 3.41. The molecule has 4 rings (SSSR count). The van der Waals surface area contributed by atoms with Crippen molar-refractivity contribution in [2.45, 2.75) is 13.5 Å². The van der Waals surface area contributed by atoms with E-state index in [-0.39, 0.29) is 5.69 Å². The number of carbonyl (C=O) groups excluding carboxylic acids is 1. The average Bonchev–Trinajstić information content (AvgIpc) is 2.70. The lowest BCUT2D eigenvalue weighted by atomic mass is 10.2. The van der Waals surface area contributed by atoms with Crippen molar-refractivity contribution in [3.63, 3.8) is 0 Å². The number of hydrogen-bond donors (Lipinski definition) is 1. The van der Waals surface area contributed by atoms with Gasteiger partial charge in [0.15, 0.2) is 5.69 Å². The van der Waals surface area contributed by atoms with Crippen LogP contribution >= 0.6 is 0 Å². The Morgan fingerprint density at radius 1 is 0.964 bits per heavy atom. The first kappa shape index (κ1) is 17.7. The van der Waals surface area contributed by atoms with E-state index in [1.165, 1.54) is 0 Å². The summed E-state index contributed by atoms with van der Waals surface area (Å²) in [4.78, 5) is 30.3. The van der Waals surface area contributed by atoms with Crippen molar-refractivity contribution < 1.29 is 4.79 Å². The van der Waals surface area contributed by atoms with Crippen molar-refractivity contribution in [1.82, 2.24) is 9.55 Å². The molecule has 0 saturated carbocycles. The number of para-hydroxylation sites is 2. The minimum absolute atomic E-state index is 0.115. The van der Waals surface area contributed by atoms with Crippen LogP contribution in [0.25, 0.3) is 11.0 Å². The van der Waals surface area contributed by atoms with E-state index in [0.29, 0.717) is 23.3 Å². The number of rotatable bonds is 4. The van der Waals surface area contributed by atoms with Gasteiger partial charge in [0, 0.05) is 5.69 Å². The number of aryl methyl sites for hydroxylation is 1. The monoisotopic (exact) mass is 369 g/mol. The molecule has 1 N–H and O–H groups in total. The zero-order valence-corrected chi connectivity index (χ0v) is 15.4. The van der Waals surface area contributed by atoms with Crippen LogP contribution in [0.2, 0.25) is 0 Å².